The van der Waals surface area contributed by atoms with Gasteiger partial charge in [-0.15, -0.1) is 22.7 Å². The van der Waals surface area contributed by atoms with Gasteiger partial charge in [0.15, 0.2) is 0 Å². The highest BCUT2D eigenvalue weighted by molar-refractivity contribution is 7.27. The third-order valence-corrected chi connectivity index (χ3v) is 10.2. The summed E-state index contributed by atoms with van der Waals surface area (Å²) in [6, 6.07) is 5.42. The van der Waals surface area contributed by atoms with Gasteiger partial charge in [0.2, 0.25) is 5.91 Å². The molecular weight excluding hydrogens is 619 g/mol. The molecule has 2 unspecified atom stereocenters. The van der Waals surface area contributed by atoms with Crippen LogP contribution in [0.1, 0.15) is 76.4 Å². The number of ether oxygens (including phenoxy) is 1. The normalized spacial score (nSPS) is 15.2. The molecule has 1 fully saturated rings. The maximum Gasteiger partial charge on any atom is 0.407 e. The molecule has 12 heteroatoms. The van der Waals surface area contributed by atoms with E-state index in [1.165, 1.54) is 22.1 Å². The van der Waals surface area contributed by atoms with Gasteiger partial charge in [0, 0.05) is 22.9 Å². The maximum absolute atomic E-state index is 13.5. The van der Waals surface area contributed by atoms with Gasteiger partial charge in [-0.25, -0.2) is 14.8 Å². The number of hydrogen-bond acceptors (Lipinski definition) is 8. The lowest BCUT2D eigenvalue weighted by Gasteiger charge is -2.29. The molecule has 242 valence electrons. The number of aromatic nitrogens is 4. The van der Waals surface area contributed by atoms with Crippen LogP contribution in [-0.2, 0) is 16.1 Å². The van der Waals surface area contributed by atoms with Crippen molar-refractivity contribution in [2.45, 2.75) is 66.1 Å². The highest BCUT2D eigenvalue weighted by Crippen LogP contribution is 2.41. The number of thiophene rings is 2. The van der Waals surface area contributed by atoms with Gasteiger partial charge >= 0.3 is 6.09 Å². The van der Waals surface area contributed by atoms with E-state index in [1.54, 1.807) is 28.9 Å². The molecule has 4 aromatic heterocycles. The first kappa shape index (κ1) is 33.2. The van der Waals surface area contributed by atoms with Crippen LogP contribution in [-0.4, -0.2) is 63.1 Å². The first-order valence-corrected chi connectivity index (χ1v) is 17.0. The fourth-order valence-electron chi connectivity index (χ4n) is 5.69. The second-order valence-corrected chi connectivity index (χ2v) is 13.3. The van der Waals surface area contributed by atoms with Crippen LogP contribution in [0.5, 0.6) is 0 Å². The Bertz CT molecular complexity index is 1890. The SMILES string of the molecule is C.CCCNCc1ncc(C#Cc2csc3c(-c4ccc5nc(C6CCCN6C(=O)C(NC(=O)OC)C(C)C)[nH]c5c4)csc23)[nH]1. The minimum absolute atomic E-state index is 0. The fourth-order valence-corrected chi connectivity index (χ4v) is 8.00. The number of carbonyl (C=O) groups excluding carboxylic acids is 2. The van der Waals surface area contributed by atoms with Gasteiger partial charge in [0.25, 0.3) is 0 Å². The summed E-state index contributed by atoms with van der Waals surface area (Å²) in [4.78, 5) is 43.4. The second kappa shape index (κ2) is 14.5. The third-order valence-electron chi connectivity index (χ3n) is 8.02. The van der Waals surface area contributed by atoms with Crippen molar-refractivity contribution < 1.29 is 14.3 Å². The van der Waals surface area contributed by atoms with Crippen molar-refractivity contribution >= 4 is 55.1 Å². The molecule has 4 N–H and O–H groups in total. The summed E-state index contributed by atoms with van der Waals surface area (Å²) < 4.78 is 7.15. The summed E-state index contributed by atoms with van der Waals surface area (Å²) in [6.45, 7) is 8.26. The predicted octanol–water partition coefficient (Wildman–Crippen LogP) is 6.81. The van der Waals surface area contributed by atoms with E-state index in [-0.39, 0.29) is 25.3 Å². The van der Waals surface area contributed by atoms with Crippen molar-refractivity contribution in [2.75, 3.05) is 20.2 Å². The number of amides is 2. The van der Waals surface area contributed by atoms with Gasteiger partial charge in [-0.1, -0.05) is 40.2 Å². The minimum atomic E-state index is -0.666. The Kier molecular flexibility index (Phi) is 10.5. The topological polar surface area (TPSA) is 128 Å². The maximum atomic E-state index is 13.5. The molecule has 1 aliphatic rings. The molecule has 2 atom stereocenters. The van der Waals surface area contributed by atoms with Crippen LogP contribution < -0.4 is 10.6 Å². The lowest BCUT2D eigenvalue weighted by molar-refractivity contribution is -0.135. The molecule has 0 aliphatic carbocycles. The highest BCUT2D eigenvalue weighted by atomic mass is 32.1. The Morgan fingerprint density at radius 2 is 2.00 bits per heavy atom. The number of alkyl carbamates (subject to hydrolysis) is 1. The Hall–Kier alpha value is -4.18. The number of H-pyrrole nitrogens is 2. The van der Waals surface area contributed by atoms with Crippen LogP contribution in [0.4, 0.5) is 4.79 Å². The molecule has 1 aliphatic heterocycles. The number of hydrogen-bond donors (Lipinski definition) is 4. The second-order valence-electron chi connectivity index (χ2n) is 11.5. The molecule has 10 nitrogen and oxygen atoms in total. The molecule has 2 amide bonds. The summed E-state index contributed by atoms with van der Waals surface area (Å²) in [5.74, 6) is 8.03. The Morgan fingerprint density at radius 3 is 2.78 bits per heavy atom. The number of benzene rings is 1. The number of nitrogens with zero attached hydrogens (tertiary/aromatic N) is 3. The molecule has 1 aromatic carbocycles. The summed E-state index contributed by atoms with van der Waals surface area (Å²) in [5.41, 5.74) is 5.88. The largest absolute Gasteiger partial charge is 0.453 e. The standard InChI is InChI=1S/C33H37N7O3S2.CH4/c1-5-12-34-16-27-35-15-22(36-27)10-8-21-17-44-30-23(18-45-29(21)30)20-9-11-24-25(14-20)38-31(37-24)26-7-6-13-40(26)32(41)28(19(2)3)39-33(42)43-4;/h9,11,14-15,17-19,26,28,34H,5-7,12-13,16H2,1-4H3,(H,35,36)(H,37,38)(H,39,42);1H4. The lowest BCUT2D eigenvalue weighted by atomic mass is 10.0. The van der Waals surface area contributed by atoms with Gasteiger partial charge in [-0.2, -0.15) is 0 Å². The first-order valence-electron chi connectivity index (χ1n) is 15.3. The average molecular weight is 660 g/mol. The van der Waals surface area contributed by atoms with Crippen molar-refractivity contribution in [1.82, 2.24) is 35.5 Å². The van der Waals surface area contributed by atoms with E-state index >= 15 is 0 Å². The van der Waals surface area contributed by atoms with Gasteiger partial charge < -0.3 is 30.2 Å². The summed E-state index contributed by atoms with van der Waals surface area (Å²) in [7, 11) is 1.30. The summed E-state index contributed by atoms with van der Waals surface area (Å²) in [5, 5.41) is 10.4. The molecule has 5 heterocycles. The van der Waals surface area contributed by atoms with Crippen LogP contribution in [0, 0.1) is 17.8 Å². The van der Waals surface area contributed by atoms with Crippen molar-refractivity contribution in [3.8, 4) is 23.0 Å². The molecular formula is C34H41N7O3S2. The molecule has 0 spiro atoms. The van der Waals surface area contributed by atoms with E-state index < -0.39 is 12.1 Å². The quantitative estimate of drug-likeness (QED) is 0.102. The third kappa shape index (κ3) is 6.82. The van der Waals surface area contributed by atoms with Gasteiger partial charge in [0.1, 0.15) is 23.4 Å². The average Bonchev–Trinajstić information content (AvgIpc) is 3.86. The fraction of sp³-hybridized carbons (Fsp3) is 0.412. The van der Waals surface area contributed by atoms with E-state index in [9.17, 15) is 9.59 Å². The molecule has 6 rings (SSSR count). The number of imidazole rings is 2. The molecule has 5 aromatic rings. The number of fused-ring (bicyclic) bond motifs is 2. The lowest BCUT2D eigenvalue weighted by Crippen LogP contribution is -2.51. The van der Waals surface area contributed by atoms with E-state index in [1.807, 2.05) is 24.8 Å². The van der Waals surface area contributed by atoms with Crippen LogP contribution in [0.15, 0.2) is 35.2 Å². The highest BCUT2D eigenvalue weighted by Gasteiger charge is 2.37. The minimum Gasteiger partial charge on any atom is -0.453 e. The van der Waals surface area contributed by atoms with E-state index in [0.717, 1.165) is 65.3 Å². The monoisotopic (exact) mass is 659 g/mol. The van der Waals surface area contributed by atoms with Gasteiger partial charge in [-0.05, 0) is 55.3 Å². The molecule has 46 heavy (non-hydrogen) atoms. The first-order chi connectivity index (χ1) is 21.9. The smallest absolute Gasteiger partial charge is 0.407 e. The van der Waals surface area contributed by atoms with Crippen molar-refractivity contribution in [1.29, 1.82) is 0 Å². The van der Waals surface area contributed by atoms with Crippen molar-refractivity contribution in [3.05, 3.63) is 58.1 Å². The van der Waals surface area contributed by atoms with E-state index in [0.29, 0.717) is 13.1 Å². The number of methoxy groups -OCH3 is 1. The summed E-state index contributed by atoms with van der Waals surface area (Å²) >= 11 is 3.41. The number of carbonyl (C=O) groups is 2. The Morgan fingerprint density at radius 1 is 1.17 bits per heavy atom. The van der Waals surface area contributed by atoms with E-state index in [2.05, 4.69) is 67.2 Å². The van der Waals surface area contributed by atoms with Gasteiger partial charge in [-0.3, -0.25) is 4.79 Å². The Balaban J connectivity index is 0.00000417. The zero-order valence-electron chi connectivity index (χ0n) is 25.8. The van der Waals surface area contributed by atoms with Crippen LogP contribution in [0.3, 0.4) is 0 Å². The number of likely N-dealkylation sites (tertiary alicyclic amines) is 1. The Labute approximate surface area is 277 Å². The van der Waals surface area contributed by atoms with E-state index in [4.69, 9.17) is 9.72 Å². The number of nitrogens with one attached hydrogen (secondary N) is 4. The zero-order chi connectivity index (χ0) is 31.5. The number of rotatable bonds is 9. The molecule has 0 bridgehead atoms. The van der Waals surface area contributed by atoms with Crippen molar-refractivity contribution in [3.63, 3.8) is 0 Å². The van der Waals surface area contributed by atoms with Crippen LogP contribution >= 0.6 is 22.7 Å². The predicted molar refractivity (Wildman–Crippen MR) is 186 cm³/mol. The van der Waals surface area contributed by atoms with Crippen LogP contribution in [0.25, 0.3) is 31.6 Å². The van der Waals surface area contributed by atoms with Crippen molar-refractivity contribution in [2.24, 2.45) is 5.92 Å². The molecule has 1 saturated heterocycles. The van der Waals surface area contributed by atoms with Gasteiger partial charge in [0.05, 0.1) is 51.9 Å². The number of aromatic amines is 2. The zero-order valence-corrected chi connectivity index (χ0v) is 27.5. The molecule has 0 saturated carbocycles. The molecule has 0 radical (unpaired) electrons. The van der Waals surface area contributed by atoms with Crippen LogP contribution in [0.2, 0.25) is 0 Å². The summed E-state index contributed by atoms with van der Waals surface area (Å²) in [6.07, 6.45) is 3.94.